The Kier molecular flexibility index (Phi) is 3.34. The van der Waals surface area contributed by atoms with E-state index in [1.165, 1.54) is 0 Å². The molecule has 0 spiro atoms. The quantitative estimate of drug-likeness (QED) is 0.603. The van der Waals surface area contributed by atoms with E-state index in [1.54, 1.807) is 0 Å². The molecule has 54 valence electrons. The summed E-state index contributed by atoms with van der Waals surface area (Å²) >= 11 is 13.2. The van der Waals surface area contributed by atoms with E-state index in [2.05, 4.69) is 68.7 Å². The van der Waals surface area contributed by atoms with Gasteiger partial charge in [-0.25, -0.2) is 4.98 Å². The van der Waals surface area contributed by atoms with Crippen molar-refractivity contribution >= 4 is 63.7 Å². The maximum atomic E-state index is 4.11. The molecule has 0 aromatic carbocycles. The van der Waals surface area contributed by atoms with E-state index in [1.807, 2.05) is 6.07 Å². The maximum Gasteiger partial charge on any atom is 0.121 e. The van der Waals surface area contributed by atoms with Crippen LogP contribution in [0.2, 0.25) is 0 Å². The van der Waals surface area contributed by atoms with Gasteiger partial charge in [0.15, 0.2) is 0 Å². The number of halogens is 4. The van der Waals surface area contributed by atoms with Crippen molar-refractivity contribution in [2.45, 2.75) is 0 Å². The van der Waals surface area contributed by atoms with Gasteiger partial charge in [0.25, 0.3) is 0 Å². The molecule has 0 N–H and O–H groups in total. The second-order valence-corrected chi connectivity index (χ2v) is 4.74. The fourth-order valence-corrected chi connectivity index (χ4v) is 2.19. The van der Waals surface area contributed by atoms with Gasteiger partial charge in [-0.15, -0.1) is 0 Å². The zero-order chi connectivity index (χ0) is 7.72. The molecule has 0 bridgehead atoms. The number of pyridine rings is 1. The molecular formula is C5HBr4N. The number of hydrogen-bond acceptors (Lipinski definition) is 1. The van der Waals surface area contributed by atoms with Crippen LogP contribution in [0.4, 0.5) is 0 Å². The predicted molar refractivity (Wildman–Crippen MR) is 55.0 cm³/mol. The summed E-state index contributed by atoms with van der Waals surface area (Å²) < 4.78 is 3.45. The summed E-state index contributed by atoms with van der Waals surface area (Å²) in [5.41, 5.74) is 0. The fraction of sp³-hybridized carbons (Fsp3) is 0. The summed E-state index contributed by atoms with van der Waals surface area (Å²) in [5, 5.41) is 0. The fourth-order valence-electron chi connectivity index (χ4n) is 0.423. The Balaban J connectivity index is 3.28. The van der Waals surface area contributed by atoms with Gasteiger partial charge in [-0.3, -0.25) is 0 Å². The highest BCUT2D eigenvalue weighted by atomic mass is 79.9. The number of rotatable bonds is 0. The molecule has 0 unspecified atom stereocenters. The Bertz CT molecular complexity index is 210. The molecule has 0 saturated carbocycles. The third-order valence-corrected chi connectivity index (χ3v) is 4.33. The molecule has 0 aliphatic rings. The van der Waals surface area contributed by atoms with Crippen molar-refractivity contribution in [3.05, 3.63) is 24.2 Å². The van der Waals surface area contributed by atoms with Gasteiger partial charge in [-0.05, 0) is 69.8 Å². The first-order chi connectivity index (χ1) is 4.61. The first kappa shape index (κ1) is 9.16. The Labute approximate surface area is 92.1 Å². The van der Waals surface area contributed by atoms with Gasteiger partial charge in [-0.2, -0.15) is 0 Å². The van der Waals surface area contributed by atoms with Crippen LogP contribution in [-0.2, 0) is 0 Å². The van der Waals surface area contributed by atoms with Crippen LogP contribution in [0.25, 0.3) is 0 Å². The van der Waals surface area contributed by atoms with E-state index in [9.17, 15) is 0 Å². The van der Waals surface area contributed by atoms with E-state index in [0.29, 0.717) is 0 Å². The summed E-state index contributed by atoms with van der Waals surface area (Å²) in [6.45, 7) is 0. The molecule has 0 atom stereocenters. The lowest BCUT2D eigenvalue weighted by Crippen LogP contribution is -1.80. The van der Waals surface area contributed by atoms with Crippen LogP contribution >= 0.6 is 63.7 Å². The summed E-state index contributed by atoms with van der Waals surface area (Å²) in [6.07, 6.45) is 0. The van der Waals surface area contributed by atoms with E-state index >= 15 is 0 Å². The minimum absolute atomic E-state index is 0.794. The Morgan fingerprint density at radius 1 is 0.900 bits per heavy atom. The van der Waals surface area contributed by atoms with Gasteiger partial charge in [0, 0.05) is 0 Å². The second-order valence-electron chi connectivity index (χ2n) is 1.53. The summed E-state index contributed by atoms with van der Waals surface area (Å²) in [6, 6.07) is 1.92. The molecule has 1 rings (SSSR count). The SMILES string of the molecule is Brc1cc(Br)c(Br)nc1Br. The van der Waals surface area contributed by atoms with Crippen LogP contribution in [0.15, 0.2) is 24.2 Å². The summed E-state index contributed by atoms with van der Waals surface area (Å²) in [5.74, 6) is 0. The topological polar surface area (TPSA) is 12.9 Å². The summed E-state index contributed by atoms with van der Waals surface area (Å²) in [7, 11) is 0. The molecule has 1 aromatic heterocycles. The molecule has 5 heteroatoms. The van der Waals surface area contributed by atoms with Gasteiger partial charge in [-0.1, -0.05) is 0 Å². The van der Waals surface area contributed by atoms with Gasteiger partial charge in [0.05, 0.1) is 8.95 Å². The van der Waals surface area contributed by atoms with Crippen LogP contribution in [0.3, 0.4) is 0 Å². The zero-order valence-electron chi connectivity index (χ0n) is 4.54. The van der Waals surface area contributed by atoms with Crippen molar-refractivity contribution in [1.29, 1.82) is 0 Å². The normalized spacial score (nSPS) is 10.0. The first-order valence-electron chi connectivity index (χ1n) is 2.28. The van der Waals surface area contributed by atoms with Crippen LogP contribution in [-0.4, -0.2) is 4.98 Å². The average molecular weight is 395 g/mol. The lowest BCUT2D eigenvalue weighted by molar-refractivity contribution is 1.19. The molecule has 0 aliphatic carbocycles. The highest BCUT2D eigenvalue weighted by Crippen LogP contribution is 2.29. The minimum Gasteiger partial charge on any atom is -0.232 e. The summed E-state index contributed by atoms with van der Waals surface area (Å²) in [4.78, 5) is 4.11. The Hall–Kier alpha value is 1.07. The van der Waals surface area contributed by atoms with Crippen molar-refractivity contribution in [1.82, 2.24) is 4.98 Å². The molecule has 10 heavy (non-hydrogen) atoms. The third kappa shape index (κ3) is 2.03. The molecule has 0 fully saturated rings. The maximum absolute atomic E-state index is 4.11. The van der Waals surface area contributed by atoms with Crippen molar-refractivity contribution in [2.24, 2.45) is 0 Å². The molecule has 0 radical (unpaired) electrons. The lowest BCUT2D eigenvalue weighted by atomic mass is 10.5. The van der Waals surface area contributed by atoms with Crippen LogP contribution < -0.4 is 0 Å². The Morgan fingerprint density at radius 2 is 1.30 bits per heavy atom. The zero-order valence-corrected chi connectivity index (χ0v) is 10.9. The molecule has 0 amide bonds. The Morgan fingerprint density at radius 3 is 1.60 bits per heavy atom. The number of hydrogen-bond donors (Lipinski definition) is 0. The third-order valence-electron chi connectivity index (χ3n) is 0.844. The molecular weight excluding hydrogens is 394 g/mol. The first-order valence-corrected chi connectivity index (χ1v) is 5.45. The van der Waals surface area contributed by atoms with E-state index < -0.39 is 0 Å². The molecule has 1 nitrogen and oxygen atoms in total. The van der Waals surface area contributed by atoms with Gasteiger partial charge >= 0.3 is 0 Å². The van der Waals surface area contributed by atoms with Crippen molar-refractivity contribution in [3.8, 4) is 0 Å². The minimum atomic E-state index is 0.794. The van der Waals surface area contributed by atoms with Crippen molar-refractivity contribution < 1.29 is 0 Å². The van der Waals surface area contributed by atoms with Crippen molar-refractivity contribution in [2.75, 3.05) is 0 Å². The van der Waals surface area contributed by atoms with Crippen LogP contribution in [0, 0.1) is 0 Å². The lowest BCUT2D eigenvalue weighted by Gasteiger charge is -1.97. The predicted octanol–water partition coefficient (Wildman–Crippen LogP) is 4.13. The van der Waals surface area contributed by atoms with Crippen LogP contribution in [0.1, 0.15) is 0 Å². The van der Waals surface area contributed by atoms with Gasteiger partial charge < -0.3 is 0 Å². The average Bonchev–Trinajstić information content (AvgIpc) is 1.84. The largest absolute Gasteiger partial charge is 0.232 e. The number of nitrogens with zero attached hydrogens (tertiary/aromatic N) is 1. The monoisotopic (exact) mass is 391 g/mol. The molecule has 0 saturated heterocycles. The standard InChI is InChI=1S/C5HBr4N/c6-2-1-3(7)5(9)10-4(2)8/h1H. The highest BCUT2D eigenvalue weighted by Gasteiger charge is 2.02. The van der Waals surface area contributed by atoms with E-state index in [-0.39, 0.29) is 0 Å². The highest BCUT2D eigenvalue weighted by molar-refractivity contribution is 9.13. The number of aromatic nitrogens is 1. The van der Waals surface area contributed by atoms with Crippen molar-refractivity contribution in [3.63, 3.8) is 0 Å². The van der Waals surface area contributed by atoms with E-state index in [4.69, 9.17) is 0 Å². The van der Waals surface area contributed by atoms with Crippen LogP contribution in [0.5, 0.6) is 0 Å². The molecule has 0 aliphatic heterocycles. The van der Waals surface area contributed by atoms with Gasteiger partial charge in [0.2, 0.25) is 0 Å². The molecule has 1 heterocycles. The second kappa shape index (κ2) is 3.65. The molecule has 1 aromatic rings. The smallest absolute Gasteiger partial charge is 0.121 e. The van der Waals surface area contributed by atoms with E-state index in [0.717, 1.165) is 18.2 Å². The van der Waals surface area contributed by atoms with Gasteiger partial charge in [0.1, 0.15) is 9.21 Å².